The van der Waals surface area contributed by atoms with Crippen LogP contribution < -0.4 is 10.1 Å². The summed E-state index contributed by atoms with van der Waals surface area (Å²) >= 11 is 0. The third kappa shape index (κ3) is 3.95. The Balaban J connectivity index is 1.44. The van der Waals surface area contributed by atoms with Gasteiger partial charge in [0.2, 0.25) is 5.91 Å². The van der Waals surface area contributed by atoms with E-state index >= 15 is 0 Å². The molecule has 2 aliphatic heterocycles. The summed E-state index contributed by atoms with van der Waals surface area (Å²) in [4.78, 5) is 24.1. The summed E-state index contributed by atoms with van der Waals surface area (Å²) in [7, 11) is 1.64. The zero-order chi connectivity index (χ0) is 18.6. The average Bonchev–Trinajstić information content (AvgIpc) is 2.74. The Morgan fingerprint density at radius 1 is 1.33 bits per heavy atom. The number of fused-ring (bicyclic) bond motifs is 1. The van der Waals surface area contributed by atoms with Crippen LogP contribution in [0.1, 0.15) is 47.9 Å². The topological polar surface area (TPSA) is 67.3 Å². The molecule has 6 heteroatoms. The maximum Gasteiger partial charge on any atom is 0.227 e. The number of aromatic nitrogens is 2. The van der Waals surface area contributed by atoms with Gasteiger partial charge in [0, 0.05) is 36.8 Å². The highest BCUT2D eigenvalue weighted by Gasteiger charge is 2.25. The first-order valence-corrected chi connectivity index (χ1v) is 9.72. The first kappa shape index (κ1) is 17.9. The minimum absolute atomic E-state index is 0.114. The standard InChI is InChI=1S/C21H26N4O2/c1-27-19-8-3-2-6-15(19)12-20(26)25-11-9-17-16(14-25)13-23-21(24-17)18-7-4-5-10-22-18/h2-3,6,8,13,18,22H,4-5,7,9-12,14H2,1H3/t18-/m1/s1. The number of carbonyl (C=O) groups excluding carboxylic acids is 1. The highest BCUT2D eigenvalue weighted by molar-refractivity contribution is 5.79. The van der Waals surface area contributed by atoms with E-state index < -0.39 is 0 Å². The minimum Gasteiger partial charge on any atom is -0.496 e. The molecule has 27 heavy (non-hydrogen) atoms. The van der Waals surface area contributed by atoms with E-state index in [0.29, 0.717) is 19.5 Å². The van der Waals surface area contributed by atoms with Crippen LogP contribution in [0.15, 0.2) is 30.5 Å². The predicted molar refractivity (Wildman–Crippen MR) is 102 cm³/mol. The Kier molecular flexibility index (Phi) is 5.34. The molecule has 3 heterocycles. The first-order valence-electron chi connectivity index (χ1n) is 9.72. The zero-order valence-corrected chi connectivity index (χ0v) is 15.8. The van der Waals surface area contributed by atoms with E-state index in [1.165, 1.54) is 12.8 Å². The lowest BCUT2D eigenvalue weighted by atomic mass is 10.0. The highest BCUT2D eigenvalue weighted by Crippen LogP contribution is 2.24. The Hall–Kier alpha value is -2.47. The summed E-state index contributed by atoms with van der Waals surface area (Å²) in [5.74, 6) is 1.78. The van der Waals surface area contributed by atoms with Crippen molar-refractivity contribution in [3.05, 3.63) is 53.1 Å². The van der Waals surface area contributed by atoms with Crippen molar-refractivity contribution >= 4 is 5.91 Å². The number of nitrogens with zero attached hydrogens (tertiary/aromatic N) is 3. The van der Waals surface area contributed by atoms with Gasteiger partial charge in [-0.05, 0) is 25.5 Å². The fourth-order valence-electron chi connectivity index (χ4n) is 3.91. The molecule has 0 radical (unpaired) electrons. The number of piperidine rings is 1. The minimum atomic E-state index is 0.114. The molecule has 0 unspecified atom stereocenters. The van der Waals surface area contributed by atoms with Gasteiger partial charge in [-0.2, -0.15) is 0 Å². The molecule has 2 aromatic rings. The number of hydrogen-bond acceptors (Lipinski definition) is 5. The Bertz CT molecular complexity index is 818. The molecule has 142 valence electrons. The molecular weight excluding hydrogens is 340 g/mol. The van der Waals surface area contributed by atoms with Crippen molar-refractivity contribution in [1.29, 1.82) is 0 Å². The van der Waals surface area contributed by atoms with Crippen molar-refractivity contribution in [3.63, 3.8) is 0 Å². The van der Waals surface area contributed by atoms with Crippen LogP contribution in [0.5, 0.6) is 5.75 Å². The molecule has 1 aromatic heterocycles. The molecule has 2 aliphatic rings. The van der Waals surface area contributed by atoms with Crippen molar-refractivity contribution in [2.24, 2.45) is 0 Å². The quantitative estimate of drug-likeness (QED) is 0.900. The lowest BCUT2D eigenvalue weighted by molar-refractivity contribution is -0.131. The molecule has 0 saturated carbocycles. The van der Waals surface area contributed by atoms with E-state index in [9.17, 15) is 4.79 Å². The van der Waals surface area contributed by atoms with Crippen LogP contribution in [0.3, 0.4) is 0 Å². The second-order valence-electron chi connectivity index (χ2n) is 7.26. The predicted octanol–water partition coefficient (Wildman–Crippen LogP) is 2.43. The van der Waals surface area contributed by atoms with Crippen molar-refractivity contribution in [2.75, 3.05) is 20.2 Å². The van der Waals surface area contributed by atoms with E-state index in [-0.39, 0.29) is 11.9 Å². The van der Waals surface area contributed by atoms with Crippen LogP contribution in [0.25, 0.3) is 0 Å². The van der Waals surface area contributed by atoms with Crippen LogP contribution in [-0.2, 0) is 24.2 Å². The van der Waals surface area contributed by atoms with E-state index in [0.717, 1.165) is 47.8 Å². The molecule has 1 amide bonds. The van der Waals surface area contributed by atoms with Gasteiger partial charge in [-0.1, -0.05) is 24.6 Å². The Morgan fingerprint density at radius 3 is 3.04 bits per heavy atom. The van der Waals surface area contributed by atoms with E-state index in [4.69, 9.17) is 9.72 Å². The summed E-state index contributed by atoms with van der Waals surface area (Å²) in [6.07, 6.45) is 6.60. The summed E-state index contributed by atoms with van der Waals surface area (Å²) in [5.41, 5.74) is 3.08. The molecule has 1 atom stereocenters. The number of benzene rings is 1. The number of rotatable bonds is 4. The second kappa shape index (κ2) is 8.05. The molecule has 1 aromatic carbocycles. The number of nitrogens with one attached hydrogen (secondary N) is 1. The molecule has 0 aliphatic carbocycles. The monoisotopic (exact) mass is 366 g/mol. The summed E-state index contributed by atoms with van der Waals surface area (Å²) in [6.45, 7) is 2.33. The number of carbonyl (C=O) groups is 1. The van der Waals surface area contributed by atoms with Gasteiger partial charge in [-0.15, -0.1) is 0 Å². The molecule has 1 saturated heterocycles. The summed E-state index contributed by atoms with van der Waals surface area (Å²) in [5, 5.41) is 3.51. The van der Waals surface area contributed by atoms with Crippen LogP contribution in [0.4, 0.5) is 0 Å². The SMILES string of the molecule is COc1ccccc1CC(=O)N1CCc2nc([C@H]3CCCCN3)ncc2C1. The maximum absolute atomic E-state index is 12.8. The van der Waals surface area contributed by atoms with Crippen LogP contribution in [-0.4, -0.2) is 41.0 Å². The Labute approximate surface area is 160 Å². The average molecular weight is 366 g/mol. The fourth-order valence-corrected chi connectivity index (χ4v) is 3.91. The van der Waals surface area contributed by atoms with Crippen molar-refractivity contribution in [2.45, 2.75) is 44.7 Å². The third-order valence-corrected chi connectivity index (χ3v) is 5.46. The molecular formula is C21H26N4O2. The normalized spacial score (nSPS) is 19.4. The van der Waals surface area contributed by atoms with Gasteiger partial charge in [0.15, 0.2) is 0 Å². The smallest absolute Gasteiger partial charge is 0.227 e. The third-order valence-electron chi connectivity index (χ3n) is 5.46. The van der Waals surface area contributed by atoms with Crippen molar-refractivity contribution in [3.8, 4) is 5.75 Å². The zero-order valence-electron chi connectivity index (χ0n) is 15.8. The van der Waals surface area contributed by atoms with Gasteiger partial charge >= 0.3 is 0 Å². The first-order chi connectivity index (χ1) is 13.2. The van der Waals surface area contributed by atoms with Crippen LogP contribution >= 0.6 is 0 Å². The van der Waals surface area contributed by atoms with E-state index in [1.807, 2.05) is 35.4 Å². The van der Waals surface area contributed by atoms with Gasteiger partial charge in [0.05, 0.1) is 25.3 Å². The molecule has 4 rings (SSSR count). The molecule has 1 N–H and O–H groups in total. The van der Waals surface area contributed by atoms with Crippen molar-refractivity contribution in [1.82, 2.24) is 20.2 Å². The Morgan fingerprint density at radius 2 is 2.22 bits per heavy atom. The highest BCUT2D eigenvalue weighted by atomic mass is 16.5. The van der Waals surface area contributed by atoms with E-state index in [1.54, 1.807) is 7.11 Å². The van der Waals surface area contributed by atoms with Gasteiger partial charge < -0.3 is 15.0 Å². The van der Waals surface area contributed by atoms with Gasteiger partial charge in [-0.25, -0.2) is 9.97 Å². The fraction of sp³-hybridized carbons (Fsp3) is 0.476. The number of hydrogen-bond donors (Lipinski definition) is 1. The van der Waals surface area contributed by atoms with E-state index in [2.05, 4.69) is 10.3 Å². The molecule has 1 fully saturated rings. The lowest BCUT2D eigenvalue weighted by Gasteiger charge is -2.29. The van der Waals surface area contributed by atoms with Crippen molar-refractivity contribution < 1.29 is 9.53 Å². The number of para-hydroxylation sites is 1. The summed E-state index contributed by atoms with van der Waals surface area (Å²) < 4.78 is 5.36. The largest absolute Gasteiger partial charge is 0.496 e. The molecule has 0 bridgehead atoms. The van der Waals surface area contributed by atoms with Crippen LogP contribution in [0.2, 0.25) is 0 Å². The van der Waals surface area contributed by atoms with Crippen LogP contribution in [0, 0.1) is 0 Å². The van der Waals surface area contributed by atoms with Gasteiger partial charge in [0.1, 0.15) is 11.6 Å². The lowest BCUT2D eigenvalue weighted by Crippen LogP contribution is -2.38. The number of ether oxygens (including phenoxy) is 1. The number of methoxy groups -OCH3 is 1. The van der Waals surface area contributed by atoms with Gasteiger partial charge in [0.25, 0.3) is 0 Å². The molecule has 6 nitrogen and oxygen atoms in total. The summed E-state index contributed by atoms with van der Waals surface area (Å²) in [6, 6.07) is 7.96. The molecule has 0 spiro atoms. The maximum atomic E-state index is 12.8. The number of amides is 1. The van der Waals surface area contributed by atoms with Gasteiger partial charge in [-0.3, -0.25) is 4.79 Å². The second-order valence-corrected chi connectivity index (χ2v) is 7.26.